The molecule has 0 aliphatic heterocycles. The van der Waals surface area contributed by atoms with Crippen LogP contribution < -0.4 is 0 Å². The van der Waals surface area contributed by atoms with E-state index in [1.807, 2.05) is 13.0 Å². The number of hydrogen-bond donors (Lipinski definition) is 1. The molecule has 0 amide bonds. The summed E-state index contributed by atoms with van der Waals surface area (Å²) >= 11 is 0. The van der Waals surface area contributed by atoms with E-state index in [0.29, 0.717) is 31.1 Å². The molecule has 4 aliphatic rings. The van der Waals surface area contributed by atoms with Gasteiger partial charge in [-0.1, -0.05) is 26.3 Å². The average Bonchev–Trinajstić information content (AvgIpc) is 2.91. The van der Waals surface area contributed by atoms with Gasteiger partial charge in [-0.3, -0.25) is 9.59 Å². The van der Waals surface area contributed by atoms with E-state index < -0.39 is 0 Å². The molecule has 4 heteroatoms. The summed E-state index contributed by atoms with van der Waals surface area (Å²) < 4.78 is 5.80. The van der Waals surface area contributed by atoms with Gasteiger partial charge in [0.25, 0.3) is 0 Å². The molecule has 4 aliphatic carbocycles. The largest absolute Gasteiger partial charge is 0.462 e. The van der Waals surface area contributed by atoms with Crippen LogP contribution in [0.1, 0.15) is 72.1 Å². The van der Waals surface area contributed by atoms with Crippen LogP contribution in [0.15, 0.2) is 11.6 Å². The maximum atomic E-state index is 11.9. The number of esters is 1. The number of aliphatic hydroxyl groups excluding tert-OH is 1. The van der Waals surface area contributed by atoms with Crippen molar-refractivity contribution in [1.29, 1.82) is 0 Å². The molecule has 0 spiro atoms. The van der Waals surface area contributed by atoms with Crippen molar-refractivity contribution in [2.75, 3.05) is 0 Å². The maximum absolute atomic E-state index is 11.9. The highest BCUT2D eigenvalue weighted by Gasteiger charge is 2.62. The number of allylic oxidation sites excluding steroid dienone is 1. The van der Waals surface area contributed by atoms with Gasteiger partial charge in [0.05, 0.1) is 6.10 Å². The van der Waals surface area contributed by atoms with Crippen molar-refractivity contribution < 1.29 is 19.4 Å². The van der Waals surface area contributed by atoms with Crippen molar-refractivity contribution in [3.8, 4) is 0 Å². The molecule has 0 aromatic rings. The predicted octanol–water partition coefficient (Wildman–Crippen LogP) is 3.81. The highest BCUT2D eigenvalue weighted by molar-refractivity contribution is 5.91. The summed E-state index contributed by atoms with van der Waals surface area (Å²) in [5.41, 5.74) is 1.10. The zero-order chi connectivity index (χ0) is 18.7. The van der Waals surface area contributed by atoms with E-state index in [-0.39, 0.29) is 40.7 Å². The van der Waals surface area contributed by atoms with Crippen molar-refractivity contribution in [3.05, 3.63) is 11.6 Å². The minimum atomic E-state index is -0.385. The molecule has 7 atom stereocenters. The van der Waals surface area contributed by atoms with Crippen LogP contribution in [0.25, 0.3) is 0 Å². The third kappa shape index (κ3) is 2.51. The molecule has 3 saturated carbocycles. The summed E-state index contributed by atoms with van der Waals surface area (Å²) in [5, 5.41) is 11.2. The van der Waals surface area contributed by atoms with Crippen LogP contribution in [0.5, 0.6) is 0 Å². The number of carbonyl (C=O) groups is 2. The van der Waals surface area contributed by atoms with Crippen LogP contribution in [0.2, 0.25) is 0 Å². The third-order valence-corrected chi connectivity index (χ3v) is 8.37. The monoisotopic (exact) mass is 360 g/mol. The average molecular weight is 360 g/mol. The minimum Gasteiger partial charge on any atom is -0.462 e. The molecular formula is C22H32O4. The van der Waals surface area contributed by atoms with Crippen molar-refractivity contribution >= 4 is 11.8 Å². The Morgan fingerprint density at radius 3 is 2.77 bits per heavy atom. The van der Waals surface area contributed by atoms with Gasteiger partial charge in [0.2, 0.25) is 0 Å². The van der Waals surface area contributed by atoms with E-state index in [4.69, 9.17) is 4.74 Å². The molecule has 0 heterocycles. The number of hydrogen-bond acceptors (Lipinski definition) is 4. The van der Waals surface area contributed by atoms with E-state index >= 15 is 0 Å². The molecule has 0 aromatic heterocycles. The first-order chi connectivity index (χ1) is 12.3. The van der Waals surface area contributed by atoms with E-state index in [9.17, 15) is 14.7 Å². The number of carbonyl (C=O) groups excluding carboxylic acids is 2. The van der Waals surface area contributed by atoms with E-state index in [1.54, 1.807) is 0 Å². The quantitative estimate of drug-likeness (QED) is 0.761. The first-order valence-corrected chi connectivity index (χ1v) is 10.4. The fourth-order valence-electron chi connectivity index (χ4n) is 7.08. The summed E-state index contributed by atoms with van der Waals surface area (Å²) in [6.45, 7) is 6.34. The Bertz CT molecular complexity index is 653. The second-order valence-electron chi connectivity index (χ2n) is 9.57. The maximum Gasteiger partial charge on any atom is 0.305 e. The predicted molar refractivity (Wildman–Crippen MR) is 98.3 cm³/mol. The van der Waals surface area contributed by atoms with Crippen molar-refractivity contribution in [2.24, 2.45) is 28.6 Å². The second-order valence-corrected chi connectivity index (χ2v) is 9.57. The van der Waals surface area contributed by atoms with Crippen molar-refractivity contribution in [3.63, 3.8) is 0 Å². The van der Waals surface area contributed by atoms with Crippen molar-refractivity contribution in [2.45, 2.75) is 84.3 Å². The molecule has 0 radical (unpaired) electrons. The summed E-state index contributed by atoms with van der Waals surface area (Å²) in [4.78, 5) is 23.8. The van der Waals surface area contributed by atoms with Gasteiger partial charge < -0.3 is 9.84 Å². The van der Waals surface area contributed by atoms with Crippen LogP contribution in [0, 0.1) is 28.6 Å². The normalized spacial score (nSPS) is 47.5. The molecule has 0 bridgehead atoms. The zero-order valence-electron chi connectivity index (χ0n) is 16.3. The number of aliphatic hydroxyl groups is 1. The Kier molecular flexibility index (Phi) is 4.33. The zero-order valence-corrected chi connectivity index (χ0v) is 16.3. The van der Waals surface area contributed by atoms with Gasteiger partial charge in [-0.05, 0) is 67.8 Å². The van der Waals surface area contributed by atoms with Crippen LogP contribution >= 0.6 is 0 Å². The lowest BCUT2D eigenvalue weighted by Crippen LogP contribution is -2.57. The van der Waals surface area contributed by atoms with Gasteiger partial charge in [0, 0.05) is 18.3 Å². The molecule has 0 unspecified atom stereocenters. The summed E-state index contributed by atoms with van der Waals surface area (Å²) in [7, 11) is 0. The van der Waals surface area contributed by atoms with Gasteiger partial charge >= 0.3 is 5.97 Å². The molecule has 4 rings (SSSR count). The molecular weight excluding hydrogens is 328 g/mol. The highest BCUT2D eigenvalue weighted by atomic mass is 16.5. The van der Waals surface area contributed by atoms with Crippen LogP contribution in [-0.4, -0.2) is 29.1 Å². The SMILES string of the molecule is CCC(=O)O[C@H]1CC[C@@H]2[C@H]3CCC4=CC(=O)CC[C@]4(C)[C@@H]3[C@@H](O)C[C@]12C. The Labute approximate surface area is 156 Å². The van der Waals surface area contributed by atoms with Crippen molar-refractivity contribution in [1.82, 2.24) is 0 Å². The topological polar surface area (TPSA) is 63.6 Å². The molecule has 144 valence electrons. The number of rotatable bonds is 2. The Morgan fingerprint density at radius 2 is 2.04 bits per heavy atom. The van der Waals surface area contributed by atoms with Crippen LogP contribution in [-0.2, 0) is 14.3 Å². The first-order valence-electron chi connectivity index (χ1n) is 10.4. The summed E-state index contributed by atoms with van der Waals surface area (Å²) in [5.74, 6) is 1.32. The standard InChI is InChI=1S/C22H32O4/c1-4-19(25)26-18-8-7-16-15-6-5-13-11-14(23)9-10-21(13,2)20(15)17(24)12-22(16,18)3/h11,15-18,20,24H,4-10,12H2,1-3H3/t15-,16-,17+,18+,20+,21+,22+/m1/s1. The van der Waals surface area contributed by atoms with Gasteiger partial charge in [-0.2, -0.15) is 0 Å². The van der Waals surface area contributed by atoms with Gasteiger partial charge in [-0.15, -0.1) is 0 Å². The Hall–Kier alpha value is -1.16. The third-order valence-electron chi connectivity index (χ3n) is 8.37. The fourth-order valence-corrected chi connectivity index (χ4v) is 7.08. The number of fused-ring (bicyclic) bond motifs is 5. The second kappa shape index (κ2) is 6.19. The van der Waals surface area contributed by atoms with E-state index in [0.717, 1.165) is 32.1 Å². The lowest BCUT2D eigenvalue weighted by atomic mass is 9.46. The minimum absolute atomic E-state index is 0.0459. The molecule has 3 fully saturated rings. The van der Waals surface area contributed by atoms with Crippen LogP contribution in [0.3, 0.4) is 0 Å². The molecule has 0 saturated heterocycles. The van der Waals surface area contributed by atoms with Gasteiger partial charge in [-0.25, -0.2) is 0 Å². The Morgan fingerprint density at radius 1 is 1.27 bits per heavy atom. The van der Waals surface area contributed by atoms with Gasteiger partial charge in [0.15, 0.2) is 5.78 Å². The van der Waals surface area contributed by atoms with E-state index in [1.165, 1.54) is 5.57 Å². The lowest BCUT2D eigenvalue weighted by Gasteiger charge is -2.59. The Balaban J connectivity index is 1.64. The van der Waals surface area contributed by atoms with E-state index in [2.05, 4.69) is 13.8 Å². The number of ether oxygens (including phenoxy) is 1. The first kappa shape index (κ1) is 18.2. The highest BCUT2D eigenvalue weighted by Crippen LogP contribution is 2.65. The molecule has 1 N–H and O–H groups in total. The van der Waals surface area contributed by atoms with Gasteiger partial charge in [0.1, 0.15) is 6.10 Å². The van der Waals surface area contributed by atoms with Crippen LogP contribution in [0.4, 0.5) is 0 Å². The molecule has 26 heavy (non-hydrogen) atoms. The summed E-state index contributed by atoms with van der Waals surface area (Å²) in [6.07, 6.45) is 8.04. The summed E-state index contributed by atoms with van der Waals surface area (Å²) in [6, 6.07) is 0. The fraction of sp³-hybridized carbons (Fsp3) is 0.818. The smallest absolute Gasteiger partial charge is 0.305 e. The molecule has 4 nitrogen and oxygen atoms in total. The lowest BCUT2D eigenvalue weighted by molar-refractivity contribution is -0.170. The molecule has 0 aromatic carbocycles. The number of ketones is 1.